The van der Waals surface area contributed by atoms with E-state index in [4.69, 9.17) is 16.1 Å². The molecule has 0 heterocycles. The van der Waals surface area contributed by atoms with Crippen molar-refractivity contribution < 1.29 is 14.7 Å². The van der Waals surface area contributed by atoms with Gasteiger partial charge in [0, 0.05) is 18.7 Å². The molecule has 0 atom stereocenters. The Labute approximate surface area is 87.4 Å². The summed E-state index contributed by atoms with van der Waals surface area (Å²) in [6.07, 6.45) is 0.461. The lowest BCUT2D eigenvalue weighted by Gasteiger charge is -2.06. The number of carboxylic acids is 1. The summed E-state index contributed by atoms with van der Waals surface area (Å²) in [7, 11) is 0. The lowest BCUT2D eigenvalue weighted by atomic mass is 10.2. The van der Waals surface area contributed by atoms with Gasteiger partial charge in [0.1, 0.15) is 11.6 Å². The number of amides is 1. The molecule has 4 N–H and O–H groups in total. The monoisotopic (exact) mass is 211 g/mol. The fourth-order valence-electron chi connectivity index (χ4n) is 0.928. The molecule has 0 fully saturated rings. The molecule has 6 heteroatoms. The van der Waals surface area contributed by atoms with Crippen molar-refractivity contribution in [2.75, 3.05) is 6.54 Å². The van der Waals surface area contributed by atoms with E-state index in [9.17, 15) is 9.59 Å². The van der Waals surface area contributed by atoms with Crippen LogP contribution in [-0.4, -0.2) is 23.5 Å². The zero-order valence-corrected chi connectivity index (χ0v) is 8.41. The molecule has 0 aliphatic rings. The Kier molecular flexibility index (Phi) is 5.56. The molecule has 15 heavy (non-hydrogen) atoms. The van der Waals surface area contributed by atoms with Crippen LogP contribution in [0.5, 0.6) is 0 Å². The highest BCUT2D eigenvalue weighted by atomic mass is 16.4. The summed E-state index contributed by atoms with van der Waals surface area (Å²) in [6, 6.07) is 1.68. The minimum atomic E-state index is -0.881. The lowest BCUT2D eigenvalue weighted by molar-refractivity contribution is -0.137. The summed E-state index contributed by atoms with van der Waals surface area (Å²) in [4.78, 5) is 20.9. The topological polar surface area (TPSA) is 116 Å². The van der Waals surface area contributed by atoms with Gasteiger partial charge in [-0.2, -0.15) is 5.26 Å². The molecule has 1 amide bonds. The Balaban J connectivity index is 4.12. The highest BCUT2D eigenvalue weighted by molar-refractivity contribution is 5.96. The SMILES string of the molecule is C/C(NCCCC(=O)O)=C(/C#N)C(N)=O. The van der Waals surface area contributed by atoms with Crippen LogP contribution in [0.2, 0.25) is 0 Å². The second kappa shape index (κ2) is 6.43. The first-order valence-electron chi connectivity index (χ1n) is 4.35. The van der Waals surface area contributed by atoms with Crippen LogP contribution in [0.25, 0.3) is 0 Å². The molecule has 0 saturated heterocycles. The van der Waals surface area contributed by atoms with Crippen LogP contribution >= 0.6 is 0 Å². The number of nitrogens with one attached hydrogen (secondary N) is 1. The van der Waals surface area contributed by atoms with E-state index < -0.39 is 11.9 Å². The molecular formula is C9H13N3O3. The Morgan fingerprint density at radius 2 is 2.13 bits per heavy atom. The van der Waals surface area contributed by atoms with Crippen molar-refractivity contribution in [3.8, 4) is 6.07 Å². The quantitative estimate of drug-likeness (QED) is 0.317. The van der Waals surface area contributed by atoms with Crippen LogP contribution in [-0.2, 0) is 9.59 Å². The summed E-state index contributed by atoms with van der Waals surface area (Å²) in [5.74, 6) is -1.67. The van der Waals surface area contributed by atoms with Gasteiger partial charge in [-0.05, 0) is 13.3 Å². The van der Waals surface area contributed by atoms with E-state index in [2.05, 4.69) is 5.32 Å². The maximum atomic E-state index is 10.7. The highest BCUT2D eigenvalue weighted by Crippen LogP contribution is 1.99. The second-order valence-corrected chi connectivity index (χ2v) is 2.90. The largest absolute Gasteiger partial charge is 0.481 e. The van der Waals surface area contributed by atoms with Gasteiger partial charge in [-0.1, -0.05) is 0 Å². The van der Waals surface area contributed by atoms with E-state index in [-0.39, 0.29) is 12.0 Å². The minimum Gasteiger partial charge on any atom is -0.481 e. The number of carboxylic acid groups (broad SMARTS) is 1. The number of hydrogen-bond acceptors (Lipinski definition) is 4. The molecule has 0 aliphatic carbocycles. The molecule has 82 valence electrons. The van der Waals surface area contributed by atoms with Crippen molar-refractivity contribution in [3.05, 3.63) is 11.3 Å². The van der Waals surface area contributed by atoms with Gasteiger partial charge in [0.2, 0.25) is 0 Å². The molecule has 0 unspecified atom stereocenters. The normalized spacial score (nSPS) is 11.2. The number of hydrogen-bond donors (Lipinski definition) is 3. The molecule has 0 aliphatic heterocycles. The van der Waals surface area contributed by atoms with Crippen LogP contribution in [0.3, 0.4) is 0 Å². The number of nitrogens with zero attached hydrogens (tertiary/aromatic N) is 1. The molecule has 6 nitrogen and oxygen atoms in total. The van der Waals surface area contributed by atoms with Crippen molar-refractivity contribution in [1.29, 1.82) is 5.26 Å². The number of carbonyl (C=O) groups excluding carboxylic acids is 1. The second-order valence-electron chi connectivity index (χ2n) is 2.90. The molecule has 0 radical (unpaired) electrons. The molecule has 0 aromatic heterocycles. The number of nitriles is 1. The average Bonchev–Trinajstić information content (AvgIpc) is 2.12. The van der Waals surface area contributed by atoms with Crippen molar-refractivity contribution in [2.24, 2.45) is 5.73 Å². The standard InChI is InChI=1S/C9H13N3O3/c1-6(7(5-10)9(11)15)12-4-2-3-8(13)14/h12H,2-4H2,1H3,(H2,11,15)(H,13,14)/b7-6+. The van der Waals surface area contributed by atoms with E-state index >= 15 is 0 Å². The Morgan fingerprint density at radius 3 is 2.53 bits per heavy atom. The summed E-state index contributed by atoms with van der Waals surface area (Å²) in [6.45, 7) is 1.93. The zero-order chi connectivity index (χ0) is 11.8. The Morgan fingerprint density at radius 1 is 1.53 bits per heavy atom. The third-order valence-electron chi connectivity index (χ3n) is 1.69. The van der Waals surface area contributed by atoms with Crippen LogP contribution in [0.4, 0.5) is 0 Å². The average molecular weight is 211 g/mol. The van der Waals surface area contributed by atoms with Gasteiger partial charge < -0.3 is 16.2 Å². The van der Waals surface area contributed by atoms with Gasteiger partial charge in [-0.15, -0.1) is 0 Å². The van der Waals surface area contributed by atoms with E-state index in [1.807, 2.05) is 0 Å². The number of primary amides is 1. The Bertz CT molecular complexity index is 328. The van der Waals surface area contributed by atoms with Crippen molar-refractivity contribution in [1.82, 2.24) is 5.32 Å². The van der Waals surface area contributed by atoms with Gasteiger partial charge in [0.05, 0.1) is 0 Å². The van der Waals surface area contributed by atoms with Gasteiger partial charge in [0.15, 0.2) is 0 Å². The first-order valence-corrected chi connectivity index (χ1v) is 4.35. The first-order chi connectivity index (χ1) is 6.99. The summed E-state index contributed by atoms with van der Waals surface area (Å²) >= 11 is 0. The fraction of sp³-hybridized carbons (Fsp3) is 0.444. The van der Waals surface area contributed by atoms with Crippen LogP contribution in [0, 0.1) is 11.3 Å². The van der Waals surface area contributed by atoms with Gasteiger partial charge in [-0.25, -0.2) is 0 Å². The number of nitrogens with two attached hydrogens (primary N) is 1. The van der Waals surface area contributed by atoms with E-state index in [0.29, 0.717) is 18.7 Å². The first kappa shape index (κ1) is 13.0. The van der Waals surface area contributed by atoms with Crippen LogP contribution in [0.15, 0.2) is 11.3 Å². The van der Waals surface area contributed by atoms with E-state index in [1.165, 1.54) is 0 Å². The minimum absolute atomic E-state index is 0.0404. The maximum absolute atomic E-state index is 10.7. The molecule has 0 aromatic carbocycles. The fourth-order valence-corrected chi connectivity index (χ4v) is 0.928. The summed E-state index contributed by atoms with van der Waals surface area (Å²) in [5.41, 5.74) is 5.18. The summed E-state index contributed by atoms with van der Waals surface area (Å²) in [5, 5.41) is 19.7. The summed E-state index contributed by atoms with van der Waals surface area (Å²) < 4.78 is 0. The van der Waals surface area contributed by atoms with Crippen molar-refractivity contribution in [3.63, 3.8) is 0 Å². The lowest BCUT2D eigenvalue weighted by Crippen LogP contribution is -2.21. The maximum Gasteiger partial charge on any atom is 0.303 e. The van der Waals surface area contributed by atoms with E-state index in [1.54, 1.807) is 13.0 Å². The molecule has 0 bridgehead atoms. The van der Waals surface area contributed by atoms with Gasteiger partial charge in [0.25, 0.3) is 5.91 Å². The molecular weight excluding hydrogens is 198 g/mol. The molecule has 0 rings (SSSR count). The van der Waals surface area contributed by atoms with Gasteiger partial charge >= 0.3 is 5.97 Å². The number of rotatable bonds is 6. The molecule has 0 saturated carbocycles. The molecule has 0 spiro atoms. The predicted molar refractivity (Wildman–Crippen MR) is 52.4 cm³/mol. The number of aliphatic carboxylic acids is 1. The van der Waals surface area contributed by atoms with Crippen molar-refractivity contribution in [2.45, 2.75) is 19.8 Å². The van der Waals surface area contributed by atoms with Crippen molar-refractivity contribution >= 4 is 11.9 Å². The Hall–Kier alpha value is -2.03. The zero-order valence-electron chi connectivity index (χ0n) is 8.41. The van der Waals surface area contributed by atoms with Gasteiger partial charge in [-0.3, -0.25) is 9.59 Å². The predicted octanol–water partition coefficient (Wildman–Crippen LogP) is -0.276. The third kappa shape index (κ3) is 5.31. The van der Waals surface area contributed by atoms with Crippen LogP contribution < -0.4 is 11.1 Å². The van der Waals surface area contributed by atoms with Crippen LogP contribution in [0.1, 0.15) is 19.8 Å². The molecule has 0 aromatic rings. The third-order valence-corrected chi connectivity index (χ3v) is 1.69. The number of allylic oxidation sites excluding steroid dienone is 1. The highest BCUT2D eigenvalue weighted by Gasteiger charge is 2.07. The smallest absolute Gasteiger partial charge is 0.303 e. The number of carbonyl (C=O) groups is 2. The van der Waals surface area contributed by atoms with E-state index in [0.717, 1.165) is 0 Å².